The molecular formula is C21H22N4. The summed E-state index contributed by atoms with van der Waals surface area (Å²) in [6.45, 7) is 3.44. The van der Waals surface area contributed by atoms with Gasteiger partial charge in [0.1, 0.15) is 0 Å². The molecule has 1 atom stereocenters. The maximum Gasteiger partial charge on any atom is 0.0972 e. The molecular weight excluding hydrogens is 308 g/mol. The number of hydrogen-bond donors (Lipinski definition) is 0. The Labute approximate surface area is 148 Å². The minimum atomic E-state index is 0.00865. The number of benzene rings is 2. The summed E-state index contributed by atoms with van der Waals surface area (Å²) in [5.74, 6) is 0.00865. The van der Waals surface area contributed by atoms with Crippen LogP contribution in [0.5, 0.6) is 0 Å². The largest absolute Gasteiger partial charge is 0.301 e. The predicted molar refractivity (Wildman–Crippen MR) is 100 cm³/mol. The van der Waals surface area contributed by atoms with E-state index in [9.17, 15) is 0 Å². The smallest absolute Gasteiger partial charge is 0.0972 e. The van der Waals surface area contributed by atoms with Crippen LogP contribution in [-0.2, 0) is 6.54 Å². The van der Waals surface area contributed by atoms with Crippen molar-refractivity contribution >= 4 is 0 Å². The van der Waals surface area contributed by atoms with Gasteiger partial charge in [-0.25, -0.2) is 4.68 Å². The zero-order valence-corrected chi connectivity index (χ0v) is 14.6. The lowest BCUT2D eigenvalue weighted by atomic mass is 10.1. The van der Waals surface area contributed by atoms with Gasteiger partial charge in [0.25, 0.3) is 0 Å². The minimum absolute atomic E-state index is 0.00865. The normalized spacial score (nSPS) is 12.1. The second kappa shape index (κ2) is 7.78. The fourth-order valence-electron chi connectivity index (χ4n) is 2.94. The van der Waals surface area contributed by atoms with Crippen LogP contribution in [0.1, 0.15) is 12.5 Å². The van der Waals surface area contributed by atoms with Crippen molar-refractivity contribution in [3.05, 3.63) is 72.4 Å². The molecule has 0 amide bonds. The molecule has 0 saturated carbocycles. The molecule has 4 heteroatoms. The minimum Gasteiger partial charge on any atom is -0.301 e. The number of nitrogens with zero attached hydrogens (tertiary/aromatic N) is 4. The first kappa shape index (κ1) is 16.9. The molecule has 3 aromatic rings. The Hall–Kier alpha value is -2.90. The third-order valence-corrected chi connectivity index (χ3v) is 4.10. The molecule has 1 heterocycles. The SMILES string of the molecule is CC(C#N)CN(C)Cc1cn(-c2ccccc2)nc1-c1ccccc1. The third kappa shape index (κ3) is 4.14. The molecule has 1 aromatic heterocycles. The maximum atomic E-state index is 9.04. The van der Waals surface area contributed by atoms with Crippen LogP contribution in [0.3, 0.4) is 0 Å². The lowest BCUT2D eigenvalue weighted by molar-refractivity contribution is 0.303. The van der Waals surface area contributed by atoms with Crippen molar-refractivity contribution in [1.29, 1.82) is 5.26 Å². The van der Waals surface area contributed by atoms with Gasteiger partial charge in [-0.15, -0.1) is 0 Å². The fourth-order valence-corrected chi connectivity index (χ4v) is 2.94. The van der Waals surface area contributed by atoms with Gasteiger partial charge in [0.15, 0.2) is 0 Å². The van der Waals surface area contributed by atoms with Crippen LogP contribution in [-0.4, -0.2) is 28.3 Å². The quantitative estimate of drug-likeness (QED) is 0.682. The topological polar surface area (TPSA) is 44.9 Å². The molecule has 1 unspecified atom stereocenters. The van der Waals surface area contributed by atoms with Gasteiger partial charge in [-0.05, 0) is 26.1 Å². The molecule has 3 rings (SSSR count). The second-order valence-corrected chi connectivity index (χ2v) is 6.38. The molecule has 0 bridgehead atoms. The van der Waals surface area contributed by atoms with Crippen molar-refractivity contribution in [3.63, 3.8) is 0 Å². The summed E-state index contributed by atoms with van der Waals surface area (Å²) in [6, 6.07) is 22.7. The Morgan fingerprint density at radius 2 is 1.72 bits per heavy atom. The van der Waals surface area contributed by atoms with Gasteiger partial charge < -0.3 is 4.90 Å². The monoisotopic (exact) mass is 330 g/mol. The van der Waals surface area contributed by atoms with Gasteiger partial charge in [0, 0.05) is 30.4 Å². The highest BCUT2D eigenvalue weighted by atomic mass is 15.3. The van der Waals surface area contributed by atoms with Gasteiger partial charge in [0.05, 0.1) is 23.4 Å². The van der Waals surface area contributed by atoms with E-state index < -0.39 is 0 Å². The van der Waals surface area contributed by atoms with Crippen LogP contribution in [0.2, 0.25) is 0 Å². The van der Waals surface area contributed by atoms with Crippen molar-refractivity contribution < 1.29 is 0 Å². The first-order chi connectivity index (χ1) is 12.2. The molecule has 0 N–H and O–H groups in total. The first-order valence-corrected chi connectivity index (χ1v) is 8.45. The van der Waals surface area contributed by atoms with E-state index in [4.69, 9.17) is 10.4 Å². The average Bonchev–Trinajstić information content (AvgIpc) is 3.06. The van der Waals surface area contributed by atoms with Crippen molar-refractivity contribution in [2.75, 3.05) is 13.6 Å². The molecule has 0 radical (unpaired) electrons. The van der Waals surface area contributed by atoms with Gasteiger partial charge >= 0.3 is 0 Å². The van der Waals surface area contributed by atoms with E-state index in [0.717, 1.165) is 35.6 Å². The number of aromatic nitrogens is 2. The van der Waals surface area contributed by atoms with E-state index in [2.05, 4.69) is 29.3 Å². The molecule has 0 saturated heterocycles. The Kier molecular flexibility index (Phi) is 5.27. The van der Waals surface area contributed by atoms with E-state index in [0.29, 0.717) is 0 Å². The van der Waals surface area contributed by atoms with Gasteiger partial charge in [0.2, 0.25) is 0 Å². The molecule has 2 aromatic carbocycles. The summed E-state index contributed by atoms with van der Waals surface area (Å²) in [6.07, 6.45) is 2.09. The second-order valence-electron chi connectivity index (χ2n) is 6.38. The number of nitriles is 1. The summed E-state index contributed by atoms with van der Waals surface area (Å²) in [5.41, 5.74) is 4.29. The van der Waals surface area contributed by atoms with E-state index in [1.54, 1.807) is 0 Å². The fraction of sp³-hybridized carbons (Fsp3) is 0.238. The summed E-state index contributed by atoms with van der Waals surface area (Å²) in [5, 5.41) is 13.9. The highest BCUT2D eigenvalue weighted by molar-refractivity contribution is 5.63. The average molecular weight is 330 g/mol. The third-order valence-electron chi connectivity index (χ3n) is 4.10. The van der Waals surface area contributed by atoms with E-state index in [1.807, 2.05) is 67.2 Å². The summed E-state index contributed by atoms with van der Waals surface area (Å²) in [4.78, 5) is 2.17. The van der Waals surface area contributed by atoms with E-state index >= 15 is 0 Å². The lowest BCUT2D eigenvalue weighted by Crippen LogP contribution is -2.23. The number of hydrogen-bond acceptors (Lipinski definition) is 3. The molecule has 0 aliphatic rings. The molecule has 0 spiro atoms. The Balaban J connectivity index is 1.95. The van der Waals surface area contributed by atoms with Gasteiger partial charge in [-0.3, -0.25) is 0 Å². The van der Waals surface area contributed by atoms with Crippen molar-refractivity contribution in [2.24, 2.45) is 5.92 Å². The van der Waals surface area contributed by atoms with Crippen molar-refractivity contribution in [3.8, 4) is 23.0 Å². The standard InChI is InChI=1S/C21H22N4/c1-17(13-22)14-24(2)15-19-16-25(20-11-7-4-8-12-20)23-21(19)18-9-5-3-6-10-18/h3-12,16-17H,14-15H2,1-2H3. The highest BCUT2D eigenvalue weighted by Crippen LogP contribution is 2.24. The molecule has 0 aliphatic heterocycles. The number of rotatable bonds is 6. The summed E-state index contributed by atoms with van der Waals surface area (Å²) >= 11 is 0. The van der Waals surface area contributed by atoms with E-state index in [1.165, 1.54) is 0 Å². The van der Waals surface area contributed by atoms with Gasteiger partial charge in [-0.2, -0.15) is 10.4 Å². The molecule has 0 aliphatic carbocycles. The Morgan fingerprint density at radius 3 is 2.36 bits per heavy atom. The molecule has 0 fully saturated rings. The summed E-state index contributed by atoms with van der Waals surface area (Å²) < 4.78 is 1.93. The zero-order chi connectivity index (χ0) is 17.6. The van der Waals surface area contributed by atoms with E-state index in [-0.39, 0.29) is 5.92 Å². The predicted octanol–water partition coefficient (Wildman–Crippen LogP) is 4.13. The van der Waals surface area contributed by atoms with Crippen molar-refractivity contribution in [1.82, 2.24) is 14.7 Å². The zero-order valence-electron chi connectivity index (χ0n) is 14.6. The van der Waals surface area contributed by atoms with Crippen LogP contribution in [0.4, 0.5) is 0 Å². The van der Waals surface area contributed by atoms with Crippen LogP contribution in [0.15, 0.2) is 66.9 Å². The Morgan fingerprint density at radius 1 is 1.08 bits per heavy atom. The highest BCUT2D eigenvalue weighted by Gasteiger charge is 2.15. The van der Waals surface area contributed by atoms with Crippen molar-refractivity contribution in [2.45, 2.75) is 13.5 Å². The molecule has 126 valence electrons. The van der Waals surface area contributed by atoms with Crippen LogP contribution < -0.4 is 0 Å². The van der Waals surface area contributed by atoms with Crippen LogP contribution >= 0.6 is 0 Å². The Bertz CT molecular complexity index is 847. The first-order valence-electron chi connectivity index (χ1n) is 8.45. The molecule has 4 nitrogen and oxygen atoms in total. The van der Waals surface area contributed by atoms with Crippen LogP contribution in [0, 0.1) is 17.2 Å². The lowest BCUT2D eigenvalue weighted by Gasteiger charge is -2.17. The molecule has 25 heavy (non-hydrogen) atoms. The number of para-hydroxylation sites is 1. The maximum absolute atomic E-state index is 9.04. The van der Waals surface area contributed by atoms with Crippen LogP contribution in [0.25, 0.3) is 16.9 Å². The van der Waals surface area contributed by atoms with Gasteiger partial charge in [-0.1, -0.05) is 48.5 Å². The summed E-state index contributed by atoms with van der Waals surface area (Å²) in [7, 11) is 2.04.